The van der Waals surface area contributed by atoms with Gasteiger partial charge in [0.15, 0.2) is 0 Å². The number of pyridine rings is 1. The van der Waals surface area contributed by atoms with E-state index >= 15 is 0 Å². The van der Waals surface area contributed by atoms with Crippen LogP contribution in [0.2, 0.25) is 0 Å². The zero-order valence-corrected chi connectivity index (χ0v) is 7.97. The molecule has 4 nitrogen and oxygen atoms in total. The highest BCUT2D eigenvalue weighted by atomic mass is 16.5. The molecule has 0 atom stereocenters. The molecular weight excluding hydrogens is 181 g/mol. The molecule has 1 heterocycles. The zero-order chi connectivity index (χ0) is 10.1. The maximum Gasteiger partial charge on any atom is 0.493 e. The van der Waals surface area contributed by atoms with E-state index in [1.807, 2.05) is 0 Å². The summed E-state index contributed by atoms with van der Waals surface area (Å²) in [4.78, 5) is 3.98. The van der Waals surface area contributed by atoms with Gasteiger partial charge in [0.05, 0.1) is 7.11 Å². The molecule has 74 valence electrons. The average Bonchev–Trinajstić information content (AvgIpc) is 2.99. The monoisotopic (exact) mass is 193 g/mol. The third-order valence-electron chi connectivity index (χ3n) is 2.45. The Balaban J connectivity index is 2.44. The molecular formula is C9H12BNO3. The molecule has 0 aromatic carbocycles. The summed E-state index contributed by atoms with van der Waals surface area (Å²) in [6.45, 7) is 0. The van der Waals surface area contributed by atoms with E-state index in [1.165, 1.54) is 13.3 Å². The van der Waals surface area contributed by atoms with Crippen molar-refractivity contribution in [3.05, 3.63) is 18.0 Å². The zero-order valence-electron chi connectivity index (χ0n) is 7.97. The Bertz CT molecular complexity index is 319. The van der Waals surface area contributed by atoms with Gasteiger partial charge in [-0.15, -0.1) is 0 Å². The second-order valence-electron chi connectivity index (χ2n) is 3.50. The predicted octanol–water partition coefficient (Wildman–Crippen LogP) is -0.353. The molecule has 1 aromatic rings. The Hall–Kier alpha value is -1.07. The molecule has 2 rings (SSSR count). The lowest BCUT2D eigenvalue weighted by atomic mass is 9.79. The van der Waals surface area contributed by atoms with Crippen molar-refractivity contribution in [2.75, 3.05) is 7.11 Å². The minimum atomic E-state index is -1.52. The molecule has 1 aromatic heterocycles. The third kappa shape index (κ3) is 1.60. The molecule has 1 fully saturated rings. The molecule has 0 spiro atoms. The van der Waals surface area contributed by atoms with E-state index < -0.39 is 7.12 Å². The van der Waals surface area contributed by atoms with Gasteiger partial charge in [-0.3, -0.25) is 4.98 Å². The molecule has 0 aliphatic heterocycles. The van der Waals surface area contributed by atoms with Crippen LogP contribution < -0.4 is 10.2 Å². The van der Waals surface area contributed by atoms with Crippen LogP contribution in [0.25, 0.3) is 0 Å². The first-order valence-electron chi connectivity index (χ1n) is 4.62. The number of ether oxygens (including phenoxy) is 1. The van der Waals surface area contributed by atoms with Crippen molar-refractivity contribution in [3.63, 3.8) is 0 Å². The number of methoxy groups -OCH3 is 1. The number of nitrogens with zero attached hydrogens (tertiary/aromatic N) is 1. The largest absolute Gasteiger partial charge is 0.497 e. The van der Waals surface area contributed by atoms with Crippen LogP contribution in [0.5, 0.6) is 5.75 Å². The second-order valence-corrected chi connectivity index (χ2v) is 3.50. The van der Waals surface area contributed by atoms with E-state index in [4.69, 9.17) is 14.8 Å². The van der Waals surface area contributed by atoms with Gasteiger partial charge in [0.25, 0.3) is 0 Å². The Labute approximate surface area is 82.7 Å². The topological polar surface area (TPSA) is 62.6 Å². The van der Waals surface area contributed by atoms with Gasteiger partial charge in [0.1, 0.15) is 5.75 Å². The Kier molecular flexibility index (Phi) is 2.43. The summed E-state index contributed by atoms with van der Waals surface area (Å²) in [6.07, 6.45) is 5.42. The van der Waals surface area contributed by atoms with Crippen molar-refractivity contribution < 1.29 is 14.8 Å². The minimum Gasteiger partial charge on any atom is -0.497 e. The maximum atomic E-state index is 9.10. The smallest absolute Gasteiger partial charge is 0.493 e. The lowest BCUT2D eigenvalue weighted by molar-refractivity contribution is 0.399. The molecule has 0 saturated heterocycles. The van der Waals surface area contributed by atoms with Crippen molar-refractivity contribution >= 4 is 12.6 Å². The summed E-state index contributed by atoms with van der Waals surface area (Å²) in [5.74, 6) is 1.05. The highest BCUT2D eigenvalue weighted by Gasteiger charge is 2.30. The molecule has 5 heteroatoms. The van der Waals surface area contributed by atoms with E-state index in [9.17, 15) is 0 Å². The van der Waals surface area contributed by atoms with Crippen LogP contribution in [0.3, 0.4) is 0 Å². The van der Waals surface area contributed by atoms with Gasteiger partial charge in [0, 0.05) is 23.4 Å². The first-order valence-corrected chi connectivity index (χ1v) is 4.62. The Morgan fingerprint density at radius 3 is 2.64 bits per heavy atom. The van der Waals surface area contributed by atoms with E-state index in [1.54, 1.807) is 6.20 Å². The lowest BCUT2D eigenvalue weighted by Crippen LogP contribution is -2.32. The quantitative estimate of drug-likeness (QED) is 0.644. The van der Waals surface area contributed by atoms with Gasteiger partial charge in [-0.1, -0.05) is 0 Å². The molecule has 1 aliphatic rings. The number of hydrogen-bond acceptors (Lipinski definition) is 4. The van der Waals surface area contributed by atoms with Gasteiger partial charge >= 0.3 is 7.12 Å². The summed E-state index contributed by atoms with van der Waals surface area (Å²) in [5, 5.41) is 18.2. The summed E-state index contributed by atoms with van der Waals surface area (Å²) in [7, 11) is 0.0174. The summed E-state index contributed by atoms with van der Waals surface area (Å²) < 4.78 is 5.18. The van der Waals surface area contributed by atoms with Gasteiger partial charge in [-0.05, 0) is 18.8 Å². The standard InChI is InChI=1S/C9H12BNO3/c1-14-9-7(6-2-3-6)4-11-5-8(9)10(12)13/h4-6,12-13H,2-3H2,1H3. The van der Waals surface area contributed by atoms with E-state index in [0.29, 0.717) is 17.1 Å². The molecule has 0 radical (unpaired) electrons. The van der Waals surface area contributed by atoms with E-state index in [2.05, 4.69) is 4.98 Å². The highest BCUT2D eigenvalue weighted by molar-refractivity contribution is 6.59. The number of rotatable bonds is 3. The lowest BCUT2D eigenvalue weighted by Gasteiger charge is -2.11. The van der Waals surface area contributed by atoms with E-state index in [0.717, 1.165) is 18.4 Å². The van der Waals surface area contributed by atoms with Gasteiger partial charge in [-0.2, -0.15) is 0 Å². The Morgan fingerprint density at radius 1 is 1.43 bits per heavy atom. The molecule has 0 bridgehead atoms. The van der Waals surface area contributed by atoms with Crippen molar-refractivity contribution in [1.29, 1.82) is 0 Å². The summed E-state index contributed by atoms with van der Waals surface area (Å²) in [5.41, 5.74) is 1.33. The van der Waals surface area contributed by atoms with E-state index in [-0.39, 0.29) is 0 Å². The molecule has 2 N–H and O–H groups in total. The predicted molar refractivity (Wildman–Crippen MR) is 52.6 cm³/mol. The fourth-order valence-corrected chi connectivity index (χ4v) is 1.59. The first-order chi connectivity index (χ1) is 6.74. The fourth-order valence-electron chi connectivity index (χ4n) is 1.59. The van der Waals surface area contributed by atoms with Crippen LogP contribution in [0.4, 0.5) is 0 Å². The molecule has 1 aliphatic carbocycles. The van der Waals surface area contributed by atoms with Crippen LogP contribution in [0.1, 0.15) is 24.3 Å². The van der Waals surface area contributed by atoms with Gasteiger partial charge < -0.3 is 14.8 Å². The third-order valence-corrected chi connectivity index (χ3v) is 2.45. The van der Waals surface area contributed by atoms with Crippen LogP contribution >= 0.6 is 0 Å². The molecule has 14 heavy (non-hydrogen) atoms. The summed E-state index contributed by atoms with van der Waals surface area (Å²) >= 11 is 0. The molecule has 0 amide bonds. The average molecular weight is 193 g/mol. The van der Waals surface area contributed by atoms with Crippen molar-refractivity contribution in [2.24, 2.45) is 0 Å². The SMILES string of the molecule is COc1c(B(O)O)cncc1C1CC1. The van der Waals surface area contributed by atoms with Crippen LogP contribution in [-0.4, -0.2) is 29.3 Å². The van der Waals surface area contributed by atoms with Crippen LogP contribution in [-0.2, 0) is 0 Å². The molecule has 1 saturated carbocycles. The number of hydrogen-bond donors (Lipinski definition) is 2. The van der Waals surface area contributed by atoms with Gasteiger partial charge in [0.2, 0.25) is 0 Å². The normalized spacial score (nSPS) is 15.4. The Morgan fingerprint density at radius 2 is 2.14 bits per heavy atom. The first kappa shape index (κ1) is 9.49. The molecule has 0 unspecified atom stereocenters. The van der Waals surface area contributed by atoms with Crippen LogP contribution in [0, 0.1) is 0 Å². The van der Waals surface area contributed by atoms with Crippen LogP contribution in [0.15, 0.2) is 12.4 Å². The summed E-state index contributed by atoms with van der Waals surface area (Å²) in [6, 6.07) is 0. The van der Waals surface area contributed by atoms with Crippen molar-refractivity contribution in [3.8, 4) is 5.75 Å². The van der Waals surface area contributed by atoms with Crippen molar-refractivity contribution in [2.45, 2.75) is 18.8 Å². The minimum absolute atomic E-state index is 0.344. The van der Waals surface area contributed by atoms with Gasteiger partial charge in [-0.25, -0.2) is 0 Å². The number of aromatic nitrogens is 1. The fraction of sp³-hybridized carbons (Fsp3) is 0.444. The maximum absolute atomic E-state index is 9.10. The van der Waals surface area contributed by atoms with Crippen molar-refractivity contribution in [1.82, 2.24) is 4.98 Å². The highest BCUT2D eigenvalue weighted by Crippen LogP contribution is 2.43. The second kappa shape index (κ2) is 3.59.